The summed E-state index contributed by atoms with van der Waals surface area (Å²) in [6, 6.07) is 15.4. The molecule has 6 nitrogen and oxygen atoms in total. The molecule has 0 unspecified atom stereocenters. The zero-order chi connectivity index (χ0) is 20.9. The Labute approximate surface area is 185 Å². The fourth-order valence-electron chi connectivity index (χ4n) is 3.36. The number of amides is 1. The Morgan fingerprint density at radius 2 is 1.90 bits per heavy atom. The van der Waals surface area contributed by atoms with E-state index < -0.39 is 0 Å². The van der Waals surface area contributed by atoms with Crippen LogP contribution in [0.1, 0.15) is 24.2 Å². The number of rotatable bonds is 7. The second-order valence-corrected chi connectivity index (χ2v) is 8.50. The van der Waals surface area contributed by atoms with Crippen LogP contribution in [0.3, 0.4) is 0 Å². The van der Waals surface area contributed by atoms with Gasteiger partial charge < -0.3 is 9.64 Å². The first-order valence-electron chi connectivity index (χ1n) is 9.91. The van der Waals surface area contributed by atoms with Gasteiger partial charge in [0, 0.05) is 23.8 Å². The van der Waals surface area contributed by atoms with E-state index in [-0.39, 0.29) is 12.5 Å². The van der Waals surface area contributed by atoms with E-state index >= 15 is 0 Å². The van der Waals surface area contributed by atoms with Crippen molar-refractivity contribution in [2.24, 2.45) is 0 Å². The summed E-state index contributed by atoms with van der Waals surface area (Å²) in [6.45, 7) is 3.89. The minimum absolute atomic E-state index is 0.148. The van der Waals surface area contributed by atoms with Crippen molar-refractivity contribution >= 4 is 29.3 Å². The summed E-state index contributed by atoms with van der Waals surface area (Å²) in [5.41, 5.74) is 1.89. The van der Waals surface area contributed by atoms with E-state index in [1.807, 2.05) is 64.9 Å². The molecule has 0 N–H and O–H groups in total. The van der Waals surface area contributed by atoms with Gasteiger partial charge in [-0.25, -0.2) is 0 Å². The quantitative estimate of drug-likeness (QED) is 0.503. The molecule has 3 aromatic rings. The first-order chi connectivity index (χ1) is 14.6. The van der Waals surface area contributed by atoms with Crippen molar-refractivity contribution in [3.8, 4) is 11.4 Å². The third-order valence-electron chi connectivity index (χ3n) is 5.00. The molecule has 1 fully saturated rings. The summed E-state index contributed by atoms with van der Waals surface area (Å²) >= 11 is 7.51. The highest BCUT2D eigenvalue weighted by atomic mass is 35.5. The fraction of sp³-hybridized carbons (Fsp3) is 0.318. The van der Waals surface area contributed by atoms with E-state index in [9.17, 15) is 4.79 Å². The summed E-state index contributed by atoms with van der Waals surface area (Å²) in [4.78, 5) is 14.4. The summed E-state index contributed by atoms with van der Waals surface area (Å²) in [5.74, 6) is 1.89. The zero-order valence-corrected chi connectivity index (χ0v) is 18.3. The number of aromatic nitrogens is 3. The molecule has 2 heterocycles. The number of para-hydroxylation sites is 1. The van der Waals surface area contributed by atoms with Gasteiger partial charge in [-0.15, -0.1) is 10.2 Å². The molecule has 2 aromatic carbocycles. The Hall–Kier alpha value is -2.51. The van der Waals surface area contributed by atoms with Crippen LogP contribution >= 0.6 is 23.4 Å². The predicted molar refractivity (Wildman–Crippen MR) is 118 cm³/mol. The summed E-state index contributed by atoms with van der Waals surface area (Å²) in [6.07, 6.45) is 2.17. The lowest BCUT2D eigenvalue weighted by Gasteiger charge is -2.15. The van der Waals surface area contributed by atoms with E-state index in [0.29, 0.717) is 21.8 Å². The minimum Gasteiger partial charge on any atom is -0.486 e. The second-order valence-electron chi connectivity index (χ2n) is 7.15. The average Bonchev–Trinajstić information content (AvgIpc) is 3.44. The highest BCUT2D eigenvalue weighted by Gasteiger charge is 2.21. The molecule has 30 heavy (non-hydrogen) atoms. The highest BCUT2D eigenvalue weighted by molar-refractivity contribution is 7.99. The van der Waals surface area contributed by atoms with Crippen molar-refractivity contribution in [1.82, 2.24) is 19.7 Å². The average molecular weight is 443 g/mol. The third-order valence-corrected chi connectivity index (χ3v) is 6.33. The molecular formula is C22H23ClN4O2S. The van der Waals surface area contributed by atoms with Crippen LogP contribution in [-0.2, 0) is 11.4 Å². The van der Waals surface area contributed by atoms with Gasteiger partial charge in [0.1, 0.15) is 12.4 Å². The molecule has 1 aliphatic heterocycles. The Kier molecular flexibility index (Phi) is 6.59. The minimum atomic E-state index is 0.148. The zero-order valence-electron chi connectivity index (χ0n) is 16.8. The molecule has 1 aliphatic rings. The molecule has 0 radical (unpaired) electrons. The van der Waals surface area contributed by atoms with Crippen LogP contribution < -0.4 is 4.74 Å². The number of likely N-dealkylation sites (tertiary alicyclic amines) is 1. The lowest BCUT2D eigenvalue weighted by Crippen LogP contribution is -2.29. The normalized spacial score (nSPS) is 13.6. The maximum atomic E-state index is 12.5. The lowest BCUT2D eigenvalue weighted by molar-refractivity contribution is -0.127. The first-order valence-corrected chi connectivity index (χ1v) is 11.3. The van der Waals surface area contributed by atoms with E-state index in [2.05, 4.69) is 10.2 Å². The van der Waals surface area contributed by atoms with Crippen LogP contribution in [0.2, 0.25) is 5.02 Å². The Balaban J connectivity index is 1.52. The molecule has 8 heteroatoms. The molecule has 0 aliphatic carbocycles. The number of ether oxygens (including phenoxy) is 1. The molecule has 1 amide bonds. The van der Waals surface area contributed by atoms with Crippen molar-refractivity contribution in [2.45, 2.75) is 31.5 Å². The van der Waals surface area contributed by atoms with Crippen LogP contribution in [0, 0.1) is 6.92 Å². The number of aryl methyl sites for hydroxylation is 1. The number of carbonyl (C=O) groups excluding carboxylic acids is 1. The number of carbonyl (C=O) groups is 1. The smallest absolute Gasteiger partial charge is 0.233 e. The third kappa shape index (κ3) is 4.79. The molecule has 0 saturated carbocycles. The van der Waals surface area contributed by atoms with Gasteiger partial charge in [-0.1, -0.05) is 41.6 Å². The van der Waals surface area contributed by atoms with E-state index in [1.54, 1.807) is 0 Å². The molecule has 1 aromatic heterocycles. The van der Waals surface area contributed by atoms with E-state index in [0.717, 1.165) is 42.9 Å². The molecule has 1 saturated heterocycles. The second kappa shape index (κ2) is 9.53. The number of hydrogen-bond acceptors (Lipinski definition) is 5. The van der Waals surface area contributed by atoms with Crippen LogP contribution in [0.5, 0.6) is 5.75 Å². The van der Waals surface area contributed by atoms with Crippen molar-refractivity contribution in [2.75, 3.05) is 18.8 Å². The number of nitrogens with zero attached hydrogens (tertiary/aromatic N) is 4. The predicted octanol–water partition coefficient (Wildman–Crippen LogP) is 4.52. The maximum absolute atomic E-state index is 12.5. The molecule has 0 atom stereocenters. The first kappa shape index (κ1) is 20.8. The molecular weight excluding hydrogens is 420 g/mol. The number of thioether (sulfide) groups is 1. The summed E-state index contributed by atoms with van der Waals surface area (Å²) in [5, 5.41) is 10.1. The summed E-state index contributed by atoms with van der Waals surface area (Å²) in [7, 11) is 0. The standard InChI is InChI=1S/C22H23ClN4O2S/c1-16-13-18(9-10-19(16)23)29-14-20-24-25-22(27(20)17-7-3-2-4-8-17)30-15-21(28)26-11-5-6-12-26/h2-4,7-10,13H,5-6,11-12,14-15H2,1H3. The van der Waals surface area contributed by atoms with Gasteiger partial charge in [0.25, 0.3) is 0 Å². The fourth-order valence-corrected chi connectivity index (χ4v) is 4.35. The Morgan fingerprint density at radius 1 is 1.13 bits per heavy atom. The highest BCUT2D eigenvalue weighted by Crippen LogP contribution is 2.25. The molecule has 156 valence electrons. The Morgan fingerprint density at radius 3 is 2.63 bits per heavy atom. The van der Waals surface area contributed by atoms with Gasteiger partial charge in [0.15, 0.2) is 11.0 Å². The van der Waals surface area contributed by atoms with Gasteiger partial charge in [0.2, 0.25) is 5.91 Å². The van der Waals surface area contributed by atoms with Crippen molar-refractivity contribution < 1.29 is 9.53 Å². The number of benzene rings is 2. The molecule has 4 rings (SSSR count). The van der Waals surface area contributed by atoms with Crippen LogP contribution in [0.25, 0.3) is 5.69 Å². The number of halogens is 1. The topological polar surface area (TPSA) is 60.3 Å². The lowest BCUT2D eigenvalue weighted by atomic mass is 10.2. The van der Waals surface area contributed by atoms with Crippen LogP contribution in [0.15, 0.2) is 53.7 Å². The van der Waals surface area contributed by atoms with Gasteiger partial charge in [-0.2, -0.15) is 0 Å². The largest absolute Gasteiger partial charge is 0.486 e. The summed E-state index contributed by atoms with van der Waals surface area (Å²) < 4.78 is 7.89. The SMILES string of the molecule is Cc1cc(OCc2nnc(SCC(=O)N3CCCC3)n2-c2ccccc2)ccc1Cl. The van der Waals surface area contributed by atoms with E-state index in [4.69, 9.17) is 16.3 Å². The monoisotopic (exact) mass is 442 g/mol. The van der Waals surface area contributed by atoms with Gasteiger partial charge in [-0.3, -0.25) is 9.36 Å². The van der Waals surface area contributed by atoms with Crippen LogP contribution in [0.4, 0.5) is 0 Å². The van der Waals surface area contributed by atoms with Gasteiger partial charge in [0.05, 0.1) is 5.75 Å². The van der Waals surface area contributed by atoms with Crippen molar-refractivity contribution in [3.05, 3.63) is 64.9 Å². The van der Waals surface area contributed by atoms with Crippen molar-refractivity contribution in [1.29, 1.82) is 0 Å². The van der Waals surface area contributed by atoms with Gasteiger partial charge in [-0.05, 0) is 55.7 Å². The van der Waals surface area contributed by atoms with Crippen LogP contribution in [-0.4, -0.2) is 44.4 Å². The molecule has 0 spiro atoms. The number of hydrogen-bond donors (Lipinski definition) is 0. The van der Waals surface area contributed by atoms with E-state index in [1.165, 1.54) is 11.8 Å². The maximum Gasteiger partial charge on any atom is 0.233 e. The Bertz CT molecular complexity index is 1020. The molecule has 0 bridgehead atoms. The van der Waals surface area contributed by atoms with Crippen molar-refractivity contribution in [3.63, 3.8) is 0 Å². The van der Waals surface area contributed by atoms with Gasteiger partial charge >= 0.3 is 0 Å².